The highest BCUT2D eigenvalue weighted by molar-refractivity contribution is 7.17. The largest absolute Gasteiger partial charge is 0.465 e. The van der Waals surface area contributed by atoms with Gasteiger partial charge < -0.3 is 15.0 Å². The van der Waals surface area contributed by atoms with Crippen LogP contribution in [-0.4, -0.2) is 42.4 Å². The molecule has 0 saturated heterocycles. The second kappa shape index (κ2) is 8.32. The number of nitro benzene ring substituents is 1. The molecule has 1 aromatic heterocycles. The number of fused-ring (bicyclic) bond motifs is 1. The van der Waals surface area contributed by atoms with E-state index in [1.807, 2.05) is 7.05 Å². The highest BCUT2D eigenvalue weighted by Gasteiger charge is 2.28. The van der Waals surface area contributed by atoms with Crippen LogP contribution in [0.2, 0.25) is 0 Å². The van der Waals surface area contributed by atoms with Gasteiger partial charge in [-0.05, 0) is 42.8 Å². The van der Waals surface area contributed by atoms with E-state index in [0.29, 0.717) is 16.1 Å². The van der Waals surface area contributed by atoms with Crippen LogP contribution in [0.3, 0.4) is 0 Å². The maximum absolute atomic E-state index is 12.3. The number of carbonyl (C=O) groups excluding carboxylic acids is 2. The Hall–Kier alpha value is -3.04. The molecule has 0 bridgehead atoms. The Balaban J connectivity index is 1.78. The molecule has 2 heterocycles. The summed E-state index contributed by atoms with van der Waals surface area (Å²) >= 11 is 1.38. The molecule has 1 aliphatic heterocycles. The molecule has 0 unspecified atom stereocenters. The normalized spacial score (nSPS) is 13.9. The van der Waals surface area contributed by atoms with Crippen molar-refractivity contribution in [3.05, 3.63) is 62.0 Å². The van der Waals surface area contributed by atoms with E-state index in [9.17, 15) is 19.7 Å². The summed E-state index contributed by atoms with van der Waals surface area (Å²) in [5.41, 5.74) is 2.00. The molecule has 146 valence electrons. The van der Waals surface area contributed by atoms with Crippen molar-refractivity contribution in [1.82, 2.24) is 4.90 Å². The van der Waals surface area contributed by atoms with E-state index in [2.05, 4.69) is 10.2 Å². The standard InChI is InChI=1S/C19H19N3O5S/c1-21-10-9-14-15(11-21)28-18(17(14)19(24)27-2)20-16(23)8-5-12-3-6-13(7-4-12)22(25)26/h3-8H,9-11H2,1-2H3,(H,20,23)/b8-5+. The van der Waals surface area contributed by atoms with Crippen LogP contribution in [0.1, 0.15) is 26.4 Å². The van der Waals surface area contributed by atoms with Crippen LogP contribution >= 0.6 is 11.3 Å². The number of carbonyl (C=O) groups is 2. The first-order valence-electron chi connectivity index (χ1n) is 8.54. The van der Waals surface area contributed by atoms with Gasteiger partial charge in [-0.1, -0.05) is 0 Å². The number of anilines is 1. The maximum Gasteiger partial charge on any atom is 0.341 e. The number of nitrogens with one attached hydrogen (secondary N) is 1. The Bertz CT molecular complexity index is 949. The molecule has 2 aromatic rings. The number of nitrogens with zero attached hydrogens (tertiary/aromatic N) is 2. The van der Waals surface area contributed by atoms with Gasteiger partial charge in [0.05, 0.1) is 17.6 Å². The Morgan fingerprint density at radius 1 is 1.32 bits per heavy atom. The summed E-state index contributed by atoms with van der Waals surface area (Å²) < 4.78 is 4.90. The molecule has 0 saturated carbocycles. The first kappa shape index (κ1) is 19.7. The van der Waals surface area contributed by atoms with E-state index in [1.165, 1.54) is 36.7 Å². The Morgan fingerprint density at radius 3 is 2.68 bits per heavy atom. The topological polar surface area (TPSA) is 102 Å². The van der Waals surface area contributed by atoms with Gasteiger partial charge in [0.1, 0.15) is 5.00 Å². The van der Waals surface area contributed by atoms with Crippen LogP contribution in [0.25, 0.3) is 6.08 Å². The van der Waals surface area contributed by atoms with Crippen molar-refractivity contribution in [3.8, 4) is 0 Å². The summed E-state index contributed by atoms with van der Waals surface area (Å²) in [6, 6.07) is 5.86. The molecule has 1 N–H and O–H groups in total. The highest BCUT2D eigenvalue weighted by atomic mass is 32.1. The summed E-state index contributed by atoms with van der Waals surface area (Å²) in [5, 5.41) is 13.9. The number of ether oxygens (including phenoxy) is 1. The smallest absolute Gasteiger partial charge is 0.341 e. The second-order valence-electron chi connectivity index (χ2n) is 6.36. The number of hydrogen-bond donors (Lipinski definition) is 1. The van der Waals surface area contributed by atoms with E-state index in [-0.39, 0.29) is 5.69 Å². The van der Waals surface area contributed by atoms with E-state index >= 15 is 0 Å². The first-order chi connectivity index (χ1) is 13.4. The average molecular weight is 401 g/mol. The van der Waals surface area contributed by atoms with Gasteiger partial charge in [0.2, 0.25) is 5.91 Å². The quantitative estimate of drug-likeness (QED) is 0.358. The lowest BCUT2D eigenvalue weighted by molar-refractivity contribution is -0.384. The van der Waals surface area contributed by atoms with Gasteiger partial charge >= 0.3 is 5.97 Å². The van der Waals surface area contributed by atoms with Crippen molar-refractivity contribution < 1.29 is 19.2 Å². The van der Waals surface area contributed by atoms with E-state index in [1.54, 1.807) is 18.2 Å². The lowest BCUT2D eigenvalue weighted by atomic mass is 10.0. The van der Waals surface area contributed by atoms with Crippen molar-refractivity contribution in [1.29, 1.82) is 0 Å². The predicted molar refractivity (Wildman–Crippen MR) is 106 cm³/mol. The number of non-ortho nitro benzene ring substituents is 1. The molecular weight excluding hydrogens is 382 g/mol. The fraction of sp³-hybridized carbons (Fsp3) is 0.263. The zero-order chi connectivity index (χ0) is 20.3. The molecule has 0 aliphatic carbocycles. The van der Waals surface area contributed by atoms with Crippen molar-refractivity contribution in [3.63, 3.8) is 0 Å². The molecule has 3 rings (SSSR count). The molecule has 0 fully saturated rings. The number of amides is 1. The van der Waals surface area contributed by atoms with E-state index in [4.69, 9.17) is 4.74 Å². The summed E-state index contributed by atoms with van der Waals surface area (Å²) in [7, 11) is 3.33. The van der Waals surface area contributed by atoms with Gasteiger partial charge in [-0.15, -0.1) is 11.3 Å². The number of benzene rings is 1. The van der Waals surface area contributed by atoms with Crippen LogP contribution < -0.4 is 5.32 Å². The van der Waals surface area contributed by atoms with Crippen molar-refractivity contribution >= 4 is 40.0 Å². The zero-order valence-corrected chi connectivity index (χ0v) is 16.2. The van der Waals surface area contributed by atoms with Gasteiger partial charge in [-0.3, -0.25) is 14.9 Å². The maximum atomic E-state index is 12.3. The van der Waals surface area contributed by atoms with Crippen LogP contribution in [0.5, 0.6) is 0 Å². The van der Waals surface area contributed by atoms with Crippen LogP contribution in [0, 0.1) is 10.1 Å². The van der Waals surface area contributed by atoms with Crippen molar-refractivity contribution in [2.45, 2.75) is 13.0 Å². The van der Waals surface area contributed by atoms with E-state index < -0.39 is 16.8 Å². The predicted octanol–water partition coefficient (Wildman–Crippen LogP) is 3.08. The number of hydrogen-bond acceptors (Lipinski definition) is 7. The minimum absolute atomic E-state index is 0.0153. The fourth-order valence-electron chi connectivity index (χ4n) is 2.97. The third kappa shape index (κ3) is 4.26. The molecule has 9 heteroatoms. The van der Waals surface area contributed by atoms with Gasteiger partial charge in [0.15, 0.2) is 0 Å². The summed E-state index contributed by atoms with van der Waals surface area (Å²) in [4.78, 5) is 38.0. The fourth-order valence-corrected chi connectivity index (χ4v) is 4.29. The number of esters is 1. The molecule has 1 amide bonds. The van der Waals surface area contributed by atoms with Crippen molar-refractivity contribution in [2.24, 2.45) is 0 Å². The first-order valence-corrected chi connectivity index (χ1v) is 9.35. The van der Waals surface area contributed by atoms with Crippen LogP contribution in [0.4, 0.5) is 10.7 Å². The molecule has 1 aliphatic rings. The number of thiophene rings is 1. The molecule has 28 heavy (non-hydrogen) atoms. The number of rotatable bonds is 5. The van der Waals surface area contributed by atoms with Gasteiger partial charge in [0.25, 0.3) is 5.69 Å². The minimum atomic E-state index is -0.482. The summed E-state index contributed by atoms with van der Waals surface area (Å²) in [6.45, 7) is 1.56. The molecular formula is C19H19N3O5S. The third-order valence-corrected chi connectivity index (χ3v) is 5.54. The molecule has 8 nitrogen and oxygen atoms in total. The Kier molecular flexibility index (Phi) is 5.86. The Morgan fingerprint density at radius 2 is 2.04 bits per heavy atom. The van der Waals surface area contributed by atoms with Gasteiger partial charge in [-0.2, -0.15) is 0 Å². The highest BCUT2D eigenvalue weighted by Crippen LogP contribution is 2.37. The van der Waals surface area contributed by atoms with Gasteiger partial charge in [-0.25, -0.2) is 4.79 Å². The Labute approximate surface area is 165 Å². The zero-order valence-electron chi connectivity index (χ0n) is 15.4. The SMILES string of the molecule is COC(=O)c1c(NC(=O)/C=C/c2ccc([N+](=O)[O-])cc2)sc2c1CCN(C)C2. The molecule has 1 aromatic carbocycles. The van der Waals surface area contributed by atoms with Crippen LogP contribution in [-0.2, 0) is 22.5 Å². The van der Waals surface area contributed by atoms with Crippen molar-refractivity contribution in [2.75, 3.05) is 26.0 Å². The number of likely N-dealkylation sites (N-methyl/N-ethyl adjacent to an activating group) is 1. The van der Waals surface area contributed by atoms with Crippen LogP contribution in [0.15, 0.2) is 30.3 Å². The van der Waals surface area contributed by atoms with Gasteiger partial charge in [0, 0.05) is 36.2 Å². The molecule has 0 radical (unpaired) electrons. The monoisotopic (exact) mass is 401 g/mol. The summed E-state index contributed by atoms with van der Waals surface area (Å²) in [5.74, 6) is -0.854. The summed E-state index contributed by atoms with van der Waals surface area (Å²) in [6.07, 6.45) is 3.60. The minimum Gasteiger partial charge on any atom is -0.465 e. The average Bonchev–Trinajstić information content (AvgIpc) is 3.02. The number of methoxy groups -OCH3 is 1. The lowest BCUT2D eigenvalue weighted by Crippen LogP contribution is -2.26. The molecule has 0 spiro atoms. The van der Waals surface area contributed by atoms with E-state index in [0.717, 1.165) is 30.0 Å². The third-order valence-electron chi connectivity index (χ3n) is 4.41. The lowest BCUT2D eigenvalue weighted by Gasteiger charge is -2.22. The number of nitro groups is 1. The molecule has 0 atom stereocenters. The second-order valence-corrected chi connectivity index (χ2v) is 7.46.